The van der Waals surface area contributed by atoms with Crippen LogP contribution in [0.3, 0.4) is 0 Å². The number of nitrogens with one attached hydrogen (secondary N) is 1. The molecule has 2 nitrogen and oxygen atoms in total. The highest BCUT2D eigenvalue weighted by molar-refractivity contribution is 7.97. The summed E-state index contributed by atoms with van der Waals surface area (Å²) >= 11 is 1.95. The van der Waals surface area contributed by atoms with E-state index in [0.29, 0.717) is 6.04 Å². The van der Waals surface area contributed by atoms with Crippen LogP contribution in [0.5, 0.6) is 0 Å². The molecule has 1 heterocycles. The van der Waals surface area contributed by atoms with Crippen LogP contribution >= 0.6 is 11.9 Å². The van der Waals surface area contributed by atoms with Crippen molar-refractivity contribution in [1.82, 2.24) is 9.62 Å². The molecule has 1 aliphatic heterocycles. The molecule has 0 aromatic heterocycles. The first kappa shape index (κ1) is 17.5. The summed E-state index contributed by atoms with van der Waals surface area (Å²) in [5.74, 6) is 0. The fourth-order valence-electron chi connectivity index (χ4n) is 3.45. The van der Waals surface area contributed by atoms with Gasteiger partial charge in [-0.2, -0.15) is 0 Å². The molecule has 1 fully saturated rings. The summed E-state index contributed by atoms with van der Waals surface area (Å²) in [6.45, 7) is 9.94. The third-order valence-corrected chi connectivity index (χ3v) is 6.17. The average molecular weight is 341 g/mol. The largest absolute Gasteiger partial charge is 0.310 e. The molecule has 0 saturated carbocycles. The Kier molecular flexibility index (Phi) is 5.99. The number of rotatable bonds is 5. The van der Waals surface area contributed by atoms with Crippen LogP contribution < -0.4 is 5.32 Å². The van der Waals surface area contributed by atoms with E-state index < -0.39 is 0 Å². The van der Waals surface area contributed by atoms with Crippen molar-refractivity contribution in [2.45, 2.75) is 51.1 Å². The van der Waals surface area contributed by atoms with Crippen molar-refractivity contribution in [3.63, 3.8) is 0 Å². The van der Waals surface area contributed by atoms with Crippen LogP contribution in [0.2, 0.25) is 0 Å². The van der Waals surface area contributed by atoms with Gasteiger partial charge in [0.05, 0.1) is 0 Å². The minimum atomic E-state index is 0.641. The zero-order valence-corrected chi connectivity index (χ0v) is 15.8. The molecule has 2 aromatic carbocycles. The van der Waals surface area contributed by atoms with Gasteiger partial charge in [0.15, 0.2) is 0 Å². The number of hydrogen-bond acceptors (Lipinski definition) is 3. The van der Waals surface area contributed by atoms with Gasteiger partial charge in [0.1, 0.15) is 0 Å². The van der Waals surface area contributed by atoms with Crippen molar-refractivity contribution in [2.75, 3.05) is 13.1 Å². The highest BCUT2D eigenvalue weighted by Crippen LogP contribution is 2.32. The molecule has 0 amide bonds. The Hall–Kier alpha value is -1.29. The Balaban J connectivity index is 1.49. The highest BCUT2D eigenvalue weighted by atomic mass is 32.2. The van der Waals surface area contributed by atoms with Crippen molar-refractivity contribution >= 4 is 11.9 Å². The summed E-state index contributed by atoms with van der Waals surface area (Å²) in [6.07, 6.45) is 2.45. The first-order valence-electron chi connectivity index (χ1n) is 8.90. The number of aryl methyl sites for hydroxylation is 3. The quantitative estimate of drug-likeness (QED) is 0.782. The molecule has 0 bridgehead atoms. The zero-order chi connectivity index (χ0) is 16.9. The van der Waals surface area contributed by atoms with E-state index in [0.717, 1.165) is 19.6 Å². The molecule has 0 spiro atoms. The van der Waals surface area contributed by atoms with E-state index in [-0.39, 0.29) is 0 Å². The molecule has 0 radical (unpaired) electrons. The van der Waals surface area contributed by atoms with Crippen molar-refractivity contribution in [3.05, 3.63) is 64.7 Å². The molecule has 0 atom stereocenters. The van der Waals surface area contributed by atoms with E-state index in [2.05, 4.69) is 72.9 Å². The predicted octanol–water partition coefficient (Wildman–Crippen LogP) is 4.87. The van der Waals surface area contributed by atoms with Gasteiger partial charge in [-0.15, -0.1) is 0 Å². The number of nitrogens with zero attached hydrogens (tertiary/aromatic N) is 1. The second kappa shape index (κ2) is 8.19. The van der Waals surface area contributed by atoms with Gasteiger partial charge in [-0.3, -0.25) is 0 Å². The Morgan fingerprint density at radius 1 is 1.00 bits per heavy atom. The van der Waals surface area contributed by atoms with Crippen LogP contribution in [-0.4, -0.2) is 23.4 Å². The zero-order valence-electron chi connectivity index (χ0n) is 15.0. The summed E-state index contributed by atoms with van der Waals surface area (Å²) in [5, 5.41) is 3.72. The third-order valence-electron chi connectivity index (χ3n) is 4.72. The Morgan fingerprint density at radius 2 is 1.62 bits per heavy atom. The minimum absolute atomic E-state index is 0.641. The van der Waals surface area contributed by atoms with Gasteiger partial charge in [0.25, 0.3) is 0 Å². The van der Waals surface area contributed by atoms with E-state index in [1.54, 1.807) is 0 Å². The Labute approximate surface area is 150 Å². The van der Waals surface area contributed by atoms with Gasteiger partial charge in [-0.05, 0) is 62.3 Å². The van der Waals surface area contributed by atoms with Crippen LogP contribution in [0.25, 0.3) is 0 Å². The molecule has 1 N–H and O–H groups in total. The second-order valence-electron chi connectivity index (χ2n) is 6.89. The molecule has 0 unspecified atom stereocenters. The summed E-state index contributed by atoms with van der Waals surface area (Å²) in [6, 6.07) is 15.9. The maximum absolute atomic E-state index is 3.72. The van der Waals surface area contributed by atoms with Crippen molar-refractivity contribution in [3.8, 4) is 0 Å². The standard InChI is InChI=1S/C21H28N2S/c1-16-13-17(2)21(18(3)14-16)24-23-11-9-20(10-12-23)22-15-19-7-5-4-6-8-19/h4-8,13-14,20,22H,9-12,15H2,1-3H3. The van der Waals surface area contributed by atoms with Crippen LogP contribution in [0.15, 0.2) is 47.4 Å². The van der Waals surface area contributed by atoms with Crippen molar-refractivity contribution in [2.24, 2.45) is 0 Å². The summed E-state index contributed by atoms with van der Waals surface area (Å²) in [5.41, 5.74) is 5.54. The van der Waals surface area contributed by atoms with Gasteiger partial charge in [0.2, 0.25) is 0 Å². The molecule has 2 aromatic rings. The van der Waals surface area contributed by atoms with E-state index in [9.17, 15) is 0 Å². The van der Waals surface area contributed by atoms with E-state index in [1.807, 2.05) is 11.9 Å². The number of hydrogen-bond donors (Lipinski definition) is 1. The van der Waals surface area contributed by atoms with Crippen molar-refractivity contribution < 1.29 is 0 Å². The van der Waals surface area contributed by atoms with Gasteiger partial charge in [-0.25, -0.2) is 4.31 Å². The maximum atomic E-state index is 3.72. The molecule has 1 aliphatic rings. The van der Waals surface area contributed by atoms with E-state index in [1.165, 1.54) is 40.0 Å². The molecule has 0 aliphatic carbocycles. The van der Waals surface area contributed by atoms with Crippen molar-refractivity contribution in [1.29, 1.82) is 0 Å². The monoisotopic (exact) mass is 340 g/mol. The fourth-order valence-corrected chi connectivity index (χ4v) is 4.51. The number of benzene rings is 2. The predicted molar refractivity (Wildman–Crippen MR) is 104 cm³/mol. The van der Waals surface area contributed by atoms with Gasteiger partial charge < -0.3 is 5.32 Å². The fraction of sp³-hybridized carbons (Fsp3) is 0.429. The molecule has 128 valence electrons. The summed E-state index contributed by atoms with van der Waals surface area (Å²) in [4.78, 5) is 1.44. The molecule has 24 heavy (non-hydrogen) atoms. The van der Waals surface area contributed by atoms with Crippen LogP contribution in [0, 0.1) is 20.8 Å². The Morgan fingerprint density at radius 3 is 2.25 bits per heavy atom. The second-order valence-corrected chi connectivity index (χ2v) is 8.00. The SMILES string of the molecule is Cc1cc(C)c(SN2CCC(NCc3ccccc3)CC2)c(C)c1. The molecule has 1 saturated heterocycles. The van der Waals surface area contributed by atoms with Gasteiger partial charge in [-0.1, -0.05) is 48.0 Å². The number of piperidine rings is 1. The smallest absolute Gasteiger partial charge is 0.0288 e. The lowest BCUT2D eigenvalue weighted by Crippen LogP contribution is -2.39. The van der Waals surface area contributed by atoms with Crippen LogP contribution in [-0.2, 0) is 6.54 Å². The lowest BCUT2D eigenvalue weighted by molar-refractivity contribution is 0.307. The minimum Gasteiger partial charge on any atom is -0.310 e. The van der Waals surface area contributed by atoms with Gasteiger partial charge >= 0.3 is 0 Å². The first-order chi connectivity index (χ1) is 11.6. The normalized spacial score (nSPS) is 16.5. The lowest BCUT2D eigenvalue weighted by Gasteiger charge is -2.32. The molecular weight excluding hydrogens is 312 g/mol. The molecular formula is C21H28N2S. The third kappa shape index (κ3) is 4.62. The summed E-state index contributed by atoms with van der Waals surface area (Å²) in [7, 11) is 0. The highest BCUT2D eigenvalue weighted by Gasteiger charge is 2.20. The Bertz CT molecular complexity index is 638. The van der Waals surface area contributed by atoms with Gasteiger partial charge in [0, 0.05) is 30.6 Å². The summed E-state index contributed by atoms with van der Waals surface area (Å²) < 4.78 is 2.53. The molecule has 3 heteroatoms. The average Bonchev–Trinajstić information content (AvgIpc) is 2.58. The van der Waals surface area contributed by atoms with Crippen LogP contribution in [0.1, 0.15) is 35.1 Å². The maximum Gasteiger partial charge on any atom is 0.0288 e. The van der Waals surface area contributed by atoms with Crippen LogP contribution in [0.4, 0.5) is 0 Å². The van der Waals surface area contributed by atoms with E-state index >= 15 is 0 Å². The lowest BCUT2D eigenvalue weighted by atomic mass is 10.1. The topological polar surface area (TPSA) is 15.3 Å². The first-order valence-corrected chi connectivity index (χ1v) is 9.67. The molecule has 3 rings (SSSR count). The van der Waals surface area contributed by atoms with E-state index in [4.69, 9.17) is 0 Å².